The van der Waals surface area contributed by atoms with Gasteiger partial charge in [-0.15, -0.1) is 11.6 Å². The smallest absolute Gasteiger partial charge is 0.0630 e. The predicted molar refractivity (Wildman–Crippen MR) is 45.3 cm³/mol. The van der Waals surface area contributed by atoms with Gasteiger partial charge in [-0.2, -0.15) is 0 Å². The van der Waals surface area contributed by atoms with Gasteiger partial charge < -0.3 is 4.74 Å². The Hall–Kier alpha value is 0.250. The largest absolute Gasteiger partial charge is 0.380 e. The summed E-state index contributed by atoms with van der Waals surface area (Å²) in [6.45, 7) is 7.24. The fourth-order valence-corrected chi connectivity index (χ4v) is 0.622. The van der Waals surface area contributed by atoms with Crippen molar-refractivity contribution < 1.29 is 4.74 Å². The van der Waals surface area contributed by atoms with Crippen LogP contribution >= 0.6 is 11.6 Å². The molecule has 10 heavy (non-hydrogen) atoms. The molecule has 1 nitrogen and oxygen atoms in total. The van der Waals surface area contributed by atoms with Gasteiger partial charge in [-0.25, -0.2) is 0 Å². The molecule has 1 atom stereocenters. The number of unbranched alkanes of at least 4 members (excludes halogenated alkanes) is 1. The summed E-state index contributed by atoms with van der Waals surface area (Å²) >= 11 is 5.80. The summed E-state index contributed by atoms with van der Waals surface area (Å²) < 4.78 is 5.25. The highest BCUT2D eigenvalue weighted by Gasteiger charge is 1.98. The zero-order chi connectivity index (χ0) is 7.82. The van der Waals surface area contributed by atoms with E-state index in [0.29, 0.717) is 6.61 Å². The zero-order valence-electron chi connectivity index (χ0n) is 6.61. The third-order valence-corrected chi connectivity index (χ3v) is 1.71. The summed E-state index contributed by atoms with van der Waals surface area (Å²) in [6.07, 6.45) is 2.96. The summed E-state index contributed by atoms with van der Waals surface area (Å²) in [5, 5.41) is 0.185. The van der Waals surface area contributed by atoms with Crippen LogP contribution in [0.3, 0.4) is 0 Å². The van der Waals surface area contributed by atoms with E-state index in [0.717, 1.165) is 25.9 Å². The van der Waals surface area contributed by atoms with Crippen molar-refractivity contribution in [1.29, 1.82) is 0 Å². The van der Waals surface area contributed by atoms with Crippen LogP contribution in [0.1, 0.15) is 26.2 Å². The first kappa shape index (κ1) is 10.2. The van der Waals surface area contributed by atoms with Gasteiger partial charge in [0.15, 0.2) is 0 Å². The molecule has 0 aliphatic carbocycles. The highest BCUT2D eigenvalue weighted by Crippen LogP contribution is 2.01. The second-order valence-electron chi connectivity index (χ2n) is 2.29. The molecule has 1 unspecified atom stereocenters. The first-order valence-corrected chi connectivity index (χ1v) is 4.26. The molecule has 0 aromatic carbocycles. The Morgan fingerprint density at radius 3 is 2.80 bits per heavy atom. The SMILES string of the molecule is [CH2]CCCOCC(Cl)CC. The van der Waals surface area contributed by atoms with Crippen molar-refractivity contribution in [2.24, 2.45) is 0 Å². The van der Waals surface area contributed by atoms with Crippen molar-refractivity contribution in [3.63, 3.8) is 0 Å². The van der Waals surface area contributed by atoms with Crippen LogP contribution in [-0.4, -0.2) is 18.6 Å². The molecule has 0 spiro atoms. The maximum absolute atomic E-state index is 5.80. The first-order chi connectivity index (χ1) is 4.81. The molecule has 0 N–H and O–H groups in total. The van der Waals surface area contributed by atoms with E-state index in [2.05, 4.69) is 13.8 Å². The van der Waals surface area contributed by atoms with Crippen molar-refractivity contribution in [2.45, 2.75) is 31.6 Å². The Bertz CT molecular complexity index is 66.3. The summed E-state index contributed by atoms with van der Waals surface area (Å²) in [5.41, 5.74) is 0. The van der Waals surface area contributed by atoms with Crippen molar-refractivity contribution in [2.75, 3.05) is 13.2 Å². The van der Waals surface area contributed by atoms with E-state index >= 15 is 0 Å². The molecule has 0 saturated carbocycles. The molecule has 0 aliphatic rings. The number of hydrogen-bond acceptors (Lipinski definition) is 1. The minimum atomic E-state index is 0.185. The third-order valence-electron chi connectivity index (χ3n) is 1.28. The second kappa shape index (κ2) is 7.36. The van der Waals surface area contributed by atoms with Crippen LogP contribution in [-0.2, 0) is 4.74 Å². The number of alkyl halides is 1. The van der Waals surface area contributed by atoms with Crippen molar-refractivity contribution >= 4 is 11.6 Å². The van der Waals surface area contributed by atoms with Gasteiger partial charge in [0.2, 0.25) is 0 Å². The standard InChI is InChI=1S/C8H16ClO/c1-3-5-6-10-7-8(9)4-2/h8H,1,3-7H2,2H3. The molecule has 0 saturated heterocycles. The minimum absolute atomic E-state index is 0.185. The van der Waals surface area contributed by atoms with Gasteiger partial charge >= 0.3 is 0 Å². The number of ether oxygens (including phenoxy) is 1. The lowest BCUT2D eigenvalue weighted by molar-refractivity contribution is 0.131. The fourth-order valence-electron chi connectivity index (χ4n) is 0.533. The lowest BCUT2D eigenvalue weighted by Crippen LogP contribution is -2.08. The van der Waals surface area contributed by atoms with Gasteiger partial charge in [0.25, 0.3) is 0 Å². The maximum atomic E-state index is 5.80. The Balaban J connectivity index is 2.89. The van der Waals surface area contributed by atoms with Crippen LogP contribution in [0.25, 0.3) is 0 Å². The number of hydrogen-bond donors (Lipinski definition) is 0. The fraction of sp³-hybridized carbons (Fsp3) is 0.875. The summed E-state index contributed by atoms with van der Waals surface area (Å²) in [6, 6.07) is 0. The van der Waals surface area contributed by atoms with Crippen molar-refractivity contribution in [3.8, 4) is 0 Å². The van der Waals surface area contributed by atoms with E-state index in [1.807, 2.05) is 0 Å². The molecule has 1 radical (unpaired) electrons. The van der Waals surface area contributed by atoms with Crippen LogP contribution in [0.2, 0.25) is 0 Å². The van der Waals surface area contributed by atoms with Gasteiger partial charge in [0.05, 0.1) is 12.0 Å². The van der Waals surface area contributed by atoms with Crippen molar-refractivity contribution in [1.82, 2.24) is 0 Å². The molecular weight excluding hydrogens is 148 g/mol. The second-order valence-corrected chi connectivity index (χ2v) is 2.90. The average molecular weight is 164 g/mol. The number of rotatable bonds is 6. The lowest BCUT2D eigenvalue weighted by Gasteiger charge is -2.06. The molecule has 0 aromatic heterocycles. The Kier molecular flexibility index (Phi) is 7.54. The molecule has 0 aromatic rings. The molecule has 0 rings (SSSR count). The molecule has 0 aliphatic heterocycles. The van der Waals surface area contributed by atoms with E-state index in [1.54, 1.807) is 0 Å². The monoisotopic (exact) mass is 163 g/mol. The van der Waals surface area contributed by atoms with Gasteiger partial charge in [0.1, 0.15) is 0 Å². The molecule has 2 heteroatoms. The summed E-state index contributed by atoms with van der Waals surface area (Å²) in [5.74, 6) is 0. The normalized spacial score (nSPS) is 13.5. The van der Waals surface area contributed by atoms with E-state index in [9.17, 15) is 0 Å². The highest BCUT2D eigenvalue weighted by atomic mass is 35.5. The van der Waals surface area contributed by atoms with Crippen LogP contribution < -0.4 is 0 Å². The summed E-state index contributed by atoms with van der Waals surface area (Å²) in [7, 11) is 0. The maximum Gasteiger partial charge on any atom is 0.0630 e. The van der Waals surface area contributed by atoms with E-state index in [4.69, 9.17) is 16.3 Å². The Morgan fingerprint density at radius 1 is 1.60 bits per heavy atom. The van der Waals surface area contributed by atoms with Crippen LogP contribution in [0.5, 0.6) is 0 Å². The van der Waals surface area contributed by atoms with Gasteiger partial charge in [-0.05, 0) is 12.8 Å². The van der Waals surface area contributed by atoms with Crippen molar-refractivity contribution in [3.05, 3.63) is 6.92 Å². The van der Waals surface area contributed by atoms with Gasteiger partial charge in [-0.1, -0.05) is 20.3 Å². The molecule has 0 fully saturated rings. The highest BCUT2D eigenvalue weighted by molar-refractivity contribution is 6.20. The van der Waals surface area contributed by atoms with Gasteiger partial charge in [0, 0.05) is 6.61 Å². The molecule has 0 amide bonds. The van der Waals surface area contributed by atoms with Crippen LogP contribution in [0.4, 0.5) is 0 Å². The topological polar surface area (TPSA) is 9.23 Å². The number of halogens is 1. The molecule has 0 heterocycles. The Labute approximate surface area is 68.7 Å². The Morgan fingerprint density at radius 2 is 2.30 bits per heavy atom. The van der Waals surface area contributed by atoms with Gasteiger partial charge in [-0.3, -0.25) is 0 Å². The predicted octanol–water partition coefficient (Wildman–Crippen LogP) is 2.63. The molecule has 61 valence electrons. The minimum Gasteiger partial charge on any atom is -0.380 e. The summed E-state index contributed by atoms with van der Waals surface area (Å²) in [4.78, 5) is 0. The third kappa shape index (κ3) is 6.37. The first-order valence-electron chi connectivity index (χ1n) is 3.82. The molecule has 0 bridgehead atoms. The van der Waals surface area contributed by atoms with E-state index in [-0.39, 0.29) is 5.38 Å². The van der Waals surface area contributed by atoms with Crippen LogP contribution in [0, 0.1) is 6.92 Å². The average Bonchev–Trinajstić information content (AvgIpc) is 1.98. The quantitative estimate of drug-likeness (QED) is 0.432. The van der Waals surface area contributed by atoms with E-state index < -0.39 is 0 Å². The van der Waals surface area contributed by atoms with Crippen LogP contribution in [0.15, 0.2) is 0 Å². The molecular formula is C8H16ClO. The van der Waals surface area contributed by atoms with E-state index in [1.165, 1.54) is 0 Å². The lowest BCUT2D eigenvalue weighted by atomic mass is 10.3. The zero-order valence-corrected chi connectivity index (χ0v) is 7.36.